The first-order valence-electron chi connectivity index (χ1n) is 6.84. The first-order chi connectivity index (χ1) is 10.2. The molecule has 0 fully saturated rings. The number of rotatable bonds is 5. The highest BCUT2D eigenvalue weighted by molar-refractivity contribution is 7.99. The summed E-state index contributed by atoms with van der Waals surface area (Å²) in [6, 6.07) is 11.2. The van der Waals surface area contributed by atoms with Crippen LogP contribution in [0.15, 0.2) is 41.4 Å². The summed E-state index contributed by atoms with van der Waals surface area (Å²) in [5, 5.41) is 14.8. The van der Waals surface area contributed by atoms with Crippen molar-refractivity contribution in [2.24, 2.45) is 0 Å². The number of amides is 2. The van der Waals surface area contributed by atoms with Crippen LogP contribution in [0.3, 0.4) is 0 Å². The predicted octanol–water partition coefficient (Wildman–Crippen LogP) is 3.40. The number of anilines is 1. The Morgan fingerprint density at radius 3 is 2.71 bits per heavy atom. The van der Waals surface area contributed by atoms with Crippen LogP contribution in [0.4, 0.5) is 10.5 Å². The van der Waals surface area contributed by atoms with E-state index < -0.39 is 0 Å². The zero-order chi connectivity index (χ0) is 15.1. The molecule has 0 spiro atoms. The van der Waals surface area contributed by atoms with E-state index in [1.54, 1.807) is 11.8 Å². The number of aromatic nitrogens is 2. The Morgan fingerprint density at radius 1 is 1.19 bits per heavy atom. The maximum atomic E-state index is 11.5. The van der Waals surface area contributed by atoms with Gasteiger partial charge < -0.3 is 10.6 Å². The van der Waals surface area contributed by atoms with Crippen molar-refractivity contribution in [3.05, 3.63) is 36.4 Å². The number of thioether (sulfide) groups is 1. The largest absolute Gasteiger partial charge is 0.338 e. The van der Waals surface area contributed by atoms with Crippen molar-refractivity contribution in [3.63, 3.8) is 0 Å². The molecule has 110 valence electrons. The predicted molar refractivity (Wildman–Crippen MR) is 86.6 cm³/mol. The first kappa shape index (κ1) is 15.3. The average Bonchev–Trinajstić information content (AvgIpc) is 2.49. The molecule has 2 aromatic rings. The van der Waals surface area contributed by atoms with Gasteiger partial charge in [-0.3, -0.25) is 0 Å². The number of carbonyl (C=O) groups is 1. The average molecular weight is 302 g/mol. The molecule has 0 saturated carbocycles. The molecule has 6 heteroatoms. The molecular weight excluding hydrogens is 284 g/mol. The van der Waals surface area contributed by atoms with Crippen molar-refractivity contribution in [1.82, 2.24) is 15.5 Å². The van der Waals surface area contributed by atoms with Crippen LogP contribution in [-0.4, -0.2) is 28.5 Å². The monoisotopic (exact) mass is 302 g/mol. The van der Waals surface area contributed by atoms with Gasteiger partial charge in [-0.2, -0.15) is 0 Å². The number of hydrogen-bond donors (Lipinski definition) is 2. The van der Waals surface area contributed by atoms with Crippen LogP contribution in [0.5, 0.6) is 0 Å². The Hall–Kier alpha value is -2.08. The SMILES string of the molecule is CCNC(=O)Nc1cccc(-c2ccc(SCC)nn2)c1. The number of nitrogens with one attached hydrogen (secondary N) is 2. The third kappa shape index (κ3) is 4.46. The molecule has 0 bridgehead atoms. The third-order valence-electron chi connectivity index (χ3n) is 2.69. The van der Waals surface area contributed by atoms with Crippen LogP contribution >= 0.6 is 11.8 Å². The summed E-state index contributed by atoms with van der Waals surface area (Å²) in [7, 11) is 0. The van der Waals surface area contributed by atoms with Gasteiger partial charge in [-0.05, 0) is 36.9 Å². The minimum atomic E-state index is -0.213. The normalized spacial score (nSPS) is 10.2. The van der Waals surface area contributed by atoms with E-state index in [0.29, 0.717) is 6.54 Å². The lowest BCUT2D eigenvalue weighted by Crippen LogP contribution is -2.28. The quantitative estimate of drug-likeness (QED) is 0.831. The van der Waals surface area contributed by atoms with Gasteiger partial charge in [0.1, 0.15) is 5.03 Å². The van der Waals surface area contributed by atoms with Crippen molar-refractivity contribution >= 4 is 23.5 Å². The summed E-state index contributed by atoms with van der Waals surface area (Å²) < 4.78 is 0. The van der Waals surface area contributed by atoms with E-state index in [-0.39, 0.29) is 6.03 Å². The van der Waals surface area contributed by atoms with Crippen molar-refractivity contribution in [3.8, 4) is 11.3 Å². The first-order valence-corrected chi connectivity index (χ1v) is 7.83. The molecular formula is C15H18N4OS. The van der Waals surface area contributed by atoms with E-state index in [0.717, 1.165) is 27.7 Å². The molecule has 2 amide bonds. The highest BCUT2D eigenvalue weighted by Crippen LogP contribution is 2.22. The highest BCUT2D eigenvalue weighted by atomic mass is 32.2. The molecule has 2 N–H and O–H groups in total. The fourth-order valence-electron chi connectivity index (χ4n) is 1.79. The maximum Gasteiger partial charge on any atom is 0.319 e. The number of carbonyl (C=O) groups excluding carboxylic acids is 1. The summed E-state index contributed by atoms with van der Waals surface area (Å²) in [6.07, 6.45) is 0. The van der Waals surface area contributed by atoms with Crippen LogP contribution in [0.1, 0.15) is 13.8 Å². The molecule has 1 aromatic heterocycles. The van der Waals surface area contributed by atoms with Gasteiger partial charge in [-0.15, -0.1) is 22.0 Å². The van der Waals surface area contributed by atoms with Crippen LogP contribution in [-0.2, 0) is 0 Å². The van der Waals surface area contributed by atoms with Crippen molar-refractivity contribution in [2.75, 3.05) is 17.6 Å². The van der Waals surface area contributed by atoms with Crippen LogP contribution in [0, 0.1) is 0 Å². The Labute approximate surface area is 128 Å². The molecule has 0 unspecified atom stereocenters. The molecule has 0 aliphatic carbocycles. The summed E-state index contributed by atoms with van der Waals surface area (Å²) in [6.45, 7) is 4.55. The highest BCUT2D eigenvalue weighted by Gasteiger charge is 2.04. The van der Waals surface area contributed by atoms with Crippen LogP contribution < -0.4 is 10.6 Å². The lowest BCUT2D eigenvalue weighted by Gasteiger charge is -2.07. The van der Waals surface area contributed by atoms with Gasteiger partial charge in [0.05, 0.1) is 5.69 Å². The Bertz CT molecular complexity index is 601. The second kappa shape index (κ2) is 7.64. The molecule has 21 heavy (non-hydrogen) atoms. The van der Waals surface area contributed by atoms with Gasteiger partial charge in [0.25, 0.3) is 0 Å². The minimum Gasteiger partial charge on any atom is -0.338 e. The second-order valence-electron chi connectivity index (χ2n) is 4.26. The van der Waals surface area contributed by atoms with Gasteiger partial charge in [0, 0.05) is 17.8 Å². The van der Waals surface area contributed by atoms with Crippen molar-refractivity contribution in [2.45, 2.75) is 18.9 Å². The molecule has 1 aromatic carbocycles. The van der Waals surface area contributed by atoms with Gasteiger partial charge in [0.2, 0.25) is 0 Å². The topological polar surface area (TPSA) is 66.9 Å². The maximum absolute atomic E-state index is 11.5. The Balaban J connectivity index is 2.14. The minimum absolute atomic E-state index is 0.213. The zero-order valence-electron chi connectivity index (χ0n) is 12.1. The Kier molecular flexibility index (Phi) is 5.57. The Morgan fingerprint density at radius 2 is 2.05 bits per heavy atom. The molecule has 5 nitrogen and oxygen atoms in total. The van der Waals surface area contributed by atoms with Crippen LogP contribution in [0.25, 0.3) is 11.3 Å². The van der Waals surface area contributed by atoms with Crippen molar-refractivity contribution < 1.29 is 4.79 Å². The zero-order valence-corrected chi connectivity index (χ0v) is 12.9. The van der Waals surface area contributed by atoms with E-state index in [1.807, 2.05) is 43.3 Å². The number of benzene rings is 1. The number of hydrogen-bond acceptors (Lipinski definition) is 4. The lowest BCUT2D eigenvalue weighted by molar-refractivity contribution is 0.252. The summed E-state index contributed by atoms with van der Waals surface area (Å²) in [4.78, 5) is 11.5. The molecule has 1 heterocycles. The third-order valence-corrected chi connectivity index (χ3v) is 3.49. The second-order valence-corrected chi connectivity index (χ2v) is 5.54. The van der Waals surface area contributed by atoms with Gasteiger partial charge in [0.15, 0.2) is 0 Å². The molecule has 0 aliphatic rings. The van der Waals surface area contributed by atoms with Gasteiger partial charge in [-0.25, -0.2) is 4.79 Å². The molecule has 0 saturated heterocycles. The number of urea groups is 1. The van der Waals surface area contributed by atoms with E-state index in [1.165, 1.54) is 0 Å². The summed E-state index contributed by atoms with van der Waals surface area (Å²) >= 11 is 1.66. The molecule has 2 rings (SSSR count). The van der Waals surface area contributed by atoms with Crippen LogP contribution in [0.2, 0.25) is 0 Å². The summed E-state index contributed by atoms with van der Waals surface area (Å²) in [5.74, 6) is 0.972. The number of nitrogens with zero attached hydrogens (tertiary/aromatic N) is 2. The van der Waals surface area contributed by atoms with Crippen molar-refractivity contribution in [1.29, 1.82) is 0 Å². The van der Waals surface area contributed by atoms with E-state index in [9.17, 15) is 4.79 Å². The van der Waals surface area contributed by atoms with Gasteiger partial charge in [-0.1, -0.05) is 19.1 Å². The van der Waals surface area contributed by atoms with Gasteiger partial charge >= 0.3 is 6.03 Å². The molecule has 0 atom stereocenters. The molecule has 0 radical (unpaired) electrons. The standard InChI is InChI=1S/C15H18N4OS/c1-3-16-15(20)17-12-7-5-6-11(10-12)13-8-9-14(19-18-13)21-4-2/h5-10H,3-4H2,1-2H3,(H2,16,17,20). The fourth-order valence-corrected chi connectivity index (χ4v) is 2.35. The van der Waals surface area contributed by atoms with E-state index in [4.69, 9.17) is 0 Å². The smallest absolute Gasteiger partial charge is 0.319 e. The fraction of sp³-hybridized carbons (Fsp3) is 0.267. The molecule has 0 aliphatic heterocycles. The summed E-state index contributed by atoms with van der Waals surface area (Å²) in [5.41, 5.74) is 2.44. The van der Waals surface area contributed by atoms with E-state index in [2.05, 4.69) is 27.8 Å². The van der Waals surface area contributed by atoms with E-state index >= 15 is 0 Å². The lowest BCUT2D eigenvalue weighted by atomic mass is 10.1.